The fraction of sp³-hybridized carbons (Fsp3) is 0.304. The number of nitrogens with zero attached hydrogens (tertiary/aromatic N) is 2. The first-order valence-electron chi connectivity index (χ1n) is 9.93. The summed E-state index contributed by atoms with van der Waals surface area (Å²) in [6.07, 6.45) is 9.34. The van der Waals surface area contributed by atoms with E-state index < -0.39 is 0 Å². The van der Waals surface area contributed by atoms with E-state index in [0.717, 1.165) is 54.2 Å². The number of thiophene rings is 1. The predicted octanol–water partition coefficient (Wildman–Crippen LogP) is 5.11. The third kappa shape index (κ3) is 4.25. The third-order valence-corrected chi connectivity index (χ3v) is 5.87. The Balaban J connectivity index is 1.35. The molecule has 28 heavy (non-hydrogen) atoms. The summed E-state index contributed by atoms with van der Waals surface area (Å²) < 4.78 is 0. The molecule has 1 aromatic carbocycles. The Labute approximate surface area is 170 Å². The third-order valence-electron chi connectivity index (χ3n) is 4.92. The second kappa shape index (κ2) is 8.57. The number of aromatic nitrogens is 2. The Morgan fingerprint density at radius 3 is 2.79 bits per heavy atom. The average Bonchev–Trinajstić information content (AvgIpc) is 3.12. The number of fused-ring (bicyclic) bond motifs is 1. The van der Waals surface area contributed by atoms with Crippen molar-refractivity contribution in [2.45, 2.75) is 33.1 Å². The van der Waals surface area contributed by atoms with Gasteiger partial charge >= 0.3 is 0 Å². The van der Waals surface area contributed by atoms with Gasteiger partial charge in [0.1, 0.15) is 16.5 Å². The topological polar surface area (TPSA) is 49.8 Å². The number of allylic oxidation sites excluding steroid dienone is 2. The summed E-state index contributed by atoms with van der Waals surface area (Å²) in [5.74, 6) is 1.89. The summed E-state index contributed by atoms with van der Waals surface area (Å²) in [5, 5.41) is 7.88. The molecule has 1 aliphatic rings. The highest BCUT2D eigenvalue weighted by Gasteiger charge is 2.09. The SMILES string of the molecule is CCc1nc(NCCCc2ccc(C3=CCNC=C3)cc2)c2cc(C)sc2n1. The molecule has 0 spiro atoms. The Morgan fingerprint density at radius 2 is 2.04 bits per heavy atom. The molecule has 0 saturated carbocycles. The number of nitrogens with one attached hydrogen (secondary N) is 2. The van der Waals surface area contributed by atoms with E-state index >= 15 is 0 Å². The highest BCUT2D eigenvalue weighted by molar-refractivity contribution is 7.18. The maximum absolute atomic E-state index is 4.71. The summed E-state index contributed by atoms with van der Waals surface area (Å²) in [6, 6.07) is 11.1. The van der Waals surface area contributed by atoms with E-state index in [9.17, 15) is 0 Å². The molecule has 0 radical (unpaired) electrons. The van der Waals surface area contributed by atoms with Crippen LogP contribution in [0.3, 0.4) is 0 Å². The molecular formula is C23H26N4S. The molecule has 0 saturated heterocycles. The molecule has 4 rings (SSSR count). The molecule has 4 nitrogen and oxygen atoms in total. The molecule has 2 N–H and O–H groups in total. The largest absolute Gasteiger partial charge is 0.387 e. The lowest BCUT2D eigenvalue weighted by Gasteiger charge is -2.10. The quantitative estimate of drug-likeness (QED) is 0.551. The van der Waals surface area contributed by atoms with Crippen LogP contribution in [0.25, 0.3) is 15.8 Å². The van der Waals surface area contributed by atoms with Gasteiger partial charge in [0.2, 0.25) is 0 Å². The monoisotopic (exact) mass is 390 g/mol. The van der Waals surface area contributed by atoms with Crippen LogP contribution >= 0.6 is 11.3 Å². The van der Waals surface area contributed by atoms with Crippen molar-refractivity contribution in [3.63, 3.8) is 0 Å². The second-order valence-electron chi connectivity index (χ2n) is 7.05. The number of benzene rings is 1. The van der Waals surface area contributed by atoms with E-state index in [2.05, 4.69) is 71.9 Å². The van der Waals surface area contributed by atoms with E-state index in [0.29, 0.717) is 0 Å². The van der Waals surface area contributed by atoms with Gasteiger partial charge in [0.05, 0.1) is 5.39 Å². The zero-order valence-corrected chi connectivity index (χ0v) is 17.3. The van der Waals surface area contributed by atoms with Crippen molar-refractivity contribution in [3.8, 4) is 0 Å². The molecule has 0 atom stereocenters. The Bertz CT molecular complexity index is 1020. The first-order valence-corrected chi connectivity index (χ1v) is 10.7. The normalized spacial score (nSPS) is 13.4. The van der Waals surface area contributed by atoms with Crippen LogP contribution < -0.4 is 10.6 Å². The van der Waals surface area contributed by atoms with E-state index in [1.807, 2.05) is 6.20 Å². The summed E-state index contributed by atoms with van der Waals surface area (Å²) in [5.41, 5.74) is 3.94. The van der Waals surface area contributed by atoms with Gasteiger partial charge in [0.15, 0.2) is 0 Å². The van der Waals surface area contributed by atoms with E-state index in [4.69, 9.17) is 4.98 Å². The first kappa shape index (κ1) is 18.7. The van der Waals surface area contributed by atoms with Gasteiger partial charge in [0, 0.05) is 24.4 Å². The standard InChI is InChI=1S/C23H26N4S/c1-3-21-26-22(20-15-16(2)28-23(20)27-21)25-12-4-5-17-6-8-18(9-7-17)19-10-13-24-14-11-19/h6-11,13,15,24H,3-5,12,14H2,1-2H3,(H,25,26,27). The number of anilines is 1. The van der Waals surface area contributed by atoms with Crippen LogP contribution in [-0.2, 0) is 12.8 Å². The fourth-order valence-corrected chi connectivity index (χ4v) is 4.31. The van der Waals surface area contributed by atoms with Crippen molar-refractivity contribution in [2.24, 2.45) is 0 Å². The van der Waals surface area contributed by atoms with Crippen LogP contribution in [0.2, 0.25) is 0 Å². The molecule has 144 valence electrons. The summed E-state index contributed by atoms with van der Waals surface area (Å²) in [6.45, 7) is 6.04. The van der Waals surface area contributed by atoms with Gasteiger partial charge in [-0.1, -0.05) is 37.3 Å². The van der Waals surface area contributed by atoms with Crippen molar-refractivity contribution >= 4 is 32.9 Å². The molecule has 3 heterocycles. The summed E-state index contributed by atoms with van der Waals surface area (Å²) in [4.78, 5) is 11.7. The molecule has 2 aromatic heterocycles. The van der Waals surface area contributed by atoms with Crippen molar-refractivity contribution in [2.75, 3.05) is 18.4 Å². The van der Waals surface area contributed by atoms with Crippen molar-refractivity contribution < 1.29 is 0 Å². The lowest BCUT2D eigenvalue weighted by atomic mass is 10.0. The van der Waals surface area contributed by atoms with Crippen molar-refractivity contribution in [1.29, 1.82) is 0 Å². The van der Waals surface area contributed by atoms with E-state index in [1.165, 1.54) is 21.6 Å². The zero-order chi connectivity index (χ0) is 19.3. The van der Waals surface area contributed by atoms with E-state index in [1.54, 1.807) is 11.3 Å². The highest BCUT2D eigenvalue weighted by Crippen LogP contribution is 2.28. The summed E-state index contributed by atoms with van der Waals surface area (Å²) >= 11 is 1.74. The minimum absolute atomic E-state index is 0.857. The second-order valence-corrected chi connectivity index (χ2v) is 8.28. The maximum atomic E-state index is 4.71. The lowest BCUT2D eigenvalue weighted by molar-refractivity contribution is 0.855. The average molecular weight is 391 g/mol. The minimum atomic E-state index is 0.857. The van der Waals surface area contributed by atoms with Crippen LogP contribution in [0, 0.1) is 6.92 Å². The number of hydrogen-bond donors (Lipinski definition) is 2. The van der Waals surface area contributed by atoms with Crippen LogP contribution in [-0.4, -0.2) is 23.1 Å². The van der Waals surface area contributed by atoms with Crippen molar-refractivity contribution in [3.05, 3.63) is 70.5 Å². The minimum Gasteiger partial charge on any atom is -0.387 e. The molecular weight excluding hydrogens is 364 g/mol. The van der Waals surface area contributed by atoms with Crippen LogP contribution in [0.15, 0.2) is 48.7 Å². The fourth-order valence-electron chi connectivity index (χ4n) is 3.41. The first-order chi connectivity index (χ1) is 13.7. The highest BCUT2D eigenvalue weighted by atomic mass is 32.1. The molecule has 3 aromatic rings. The number of hydrogen-bond acceptors (Lipinski definition) is 5. The molecule has 1 aliphatic heterocycles. The smallest absolute Gasteiger partial charge is 0.138 e. The van der Waals surface area contributed by atoms with Gasteiger partial charge in [0.25, 0.3) is 0 Å². The van der Waals surface area contributed by atoms with Gasteiger partial charge in [-0.3, -0.25) is 0 Å². The van der Waals surface area contributed by atoms with Crippen LogP contribution in [0.1, 0.15) is 35.2 Å². The maximum Gasteiger partial charge on any atom is 0.138 e. The van der Waals surface area contributed by atoms with Crippen LogP contribution in [0.4, 0.5) is 5.82 Å². The lowest BCUT2D eigenvalue weighted by Crippen LogP contribution is -2.08. The Hall–Kier alpha value is -2.66. The predicted molar refractivity (Wildman–Crippen MR) is 120 cm³/mol. The van der Waals surface area contributed by atoms with Gasteiger partial charge < -0.3 is 10.6 Å². The Kier molecular flexibility index (Phi) is 5.72. The van der Waals surface area contributed by atoms with Crippen molar-refractivity contribution in [1.82, 2.24) is 15.3 Å². The van der Waals surface area contributed by atoms with Crippen LogP contribution in [0.5, 0.6) is 0 Å². The molecule has 0 fully saturated rings. The Morgan fingerprint density at radius 1 is 1.18 bits per heavy atom. The number of aryl methyl sites for hydroxylation is 3. The van der Waals surface area contributed by atoms with E-state index in [-0.39, 0.29) is 0 Å². The molecule has 0 aliphatic carbocycles. The molecule has 5 heteroatoms. The van der Waals surface area contributed by atoms with Gasteiger partial charge in [-0.15, -0.1) is 11.3 Å². The zero-order valence-electron chi connectivity index (χ0n) is 16.5. The number of rotatable bonds is 7. The molecule has 0 unspecified atom stereocenters. The van der Waals surface area contributed by atoms with Gasteiger partial charge in [-0.05, 0) is 54.8 Å². The molecule has 0 bridgehead atoms. The number of dihydropyridines is 1. The molecule has 0 amide bonds. The van der Waals surface area contributed by atoms with Gasteiger partial charge in [-0.25, -0.2) is 9.97 Å². The summed E-state index contributed by atoms with van der Waals surface area (Å²) in [7, 11) is 0. The van der Waals surface area contributed by atoms with Gasteiger partial charge in [-0.2, -0.15) is 0 Å².